The molecule has 0 aliphatic carbocycles. The Morgan fingerprint density at radius 2 is 1.82 bits per heavy atom. The average Bonchev–Trinajstić information content (AvgIpc) is 3.04. The maximum Gasteiger partial charge on any atom is 0.403 e. The minimum Gasteiger partial charge on any atom is -0.388 e. The fourth-order valence-corrected chi connectivity index (χ4v) is 4.27. The van der Waals surface area contributed by atoms with E-state index < -0.39 is 50.2 Å². The van der Waals surface area contributed by atoms with Crippen LogP contribution in [0.4, 0.5) is 0 Å². The number of rotatable bonds is 10. The topological polar surface area (TPSA) is 116 Å². The molecule has 9 nitrogen and oxygen atoms in total. The molecule has 28 heavy (non-hydrogen) atoms. The molecule has 0 bridgehead atoms. The zero-order chi connectivity index (χ0) is 21.1. The monoisotopic (exact) mass is 417 g/mol. The third-order valence-corrected chi connectivity index (χ3v) is 5.58. The lowest BCUT2D eigenvalue weighted by molar-refractivity contribution is -0.0758. The standard InChI is InChI=1S/C16H30B2NO8P/c1-8(2)23-6-11-10(5-13(17)26-11)19-28(21,22)24-7-12-15(25-9(3)4)14(20)16(18)27-12/h8-16,20H,5-7H2,1-4H3,(H2,19,21,22). The van der Waals surface area contributed by atoms with Crippen molar-refractivity contribution in [1.29, 1.82) is 0 Å². The van der Waals surface area contributed by atoms with Crippen molar-refractivity contribution in [3.63, 3.8) is 0 Å². The first-order valence-electron chi connectivity index (χ1n) is 9.51. The van der Waals surface area contributed by atoms with Gasteiger partial charge in [-0.1, -0.05) is 0 Å². The summed E-state index contributed by atoms with van der Waals surface area (Å²) in [7, 11) is 7.29. The van der Waals surface area contributed by atoms with Gasteiger partial charge in [-0.25, -0.2) is 9.65 Å². The zero-order valence-electron chi connectivity index (χ0n) is 16.8. The van der Waals surface area contributed by atoms with E-state index in [4.69, 9.17) is 39.2 Å². The number of hydrogen-bond acceptors (Lipinski definition) is 7. The van der Waals surface area contributed by atoms with Crippen molar-refractivity contribution in [1.82, 2.24) is 5.09 Å². The summed E-state index contributed by atoms with van der Waals surface area (Å²) in [6.45, 7) is 7.32. The van der Waals surface area contributed by atoms with Crippen LogP contribution in [0.1, 0.15) is 34.1 Å². The number of aliphatic hydroxyl groups excluding tert-OH is 1. The Bertz CT molecular complexity index is 543. The van der Waals surface area contributed by atoms with Gasteiger partial charge in [0.1, 0.15) is 34.0 Å². The molecular weight excluding hydrogens is 387 g/mol. The van der Waals surface area contributed by atoms with E-state index in [1.807, 2.05) is 13.8 Å². The molecule has 0 aromatic heterocycles. The highest BCUT2D eigenvalue weighted by Gasteiger charge is 2.44. The highest BCUT2D eigenvalue weighted by atomic mass is 31.2. The quantitative estimate of drug-likeness (QED) is 0.329. The number of hydrogen-bond donors (Lipinski definition) is 3. The molecule has 0 aromatic rings. The van der Waals surface area contributed by atoms with Crippen LogP contribution in [-0.2, 0) is 28.0 Å². The molecule has 0 amide bonds. The van der Waals surface area contributed by atoms with Crippen molar-refractivity contribution in [2.45, 2.75) is 88.8 Å². The van der Waals surface area contributed by atoms with Crippen LogP contribution in [0.15, 0.2) is 0 Å². The van der Waals surface area contributed by atoms with Crippen LogP contribution in [0.2, 0.25) is 0 Å². The molecule has 2 aliphatic heterocycles. The predicted molar refractivity (Wildman–Crippen MR) is 103 cm³/mol. The van der Waals surface area contributed by atoms with Crippen LogP contribution >= 0.6 is 7.75 Å². The Kier molecular flexibility index (Phi) is 9.01. The van der Waals surface area contributed by atoms with Gasteiger partial charge < -0.3 is 28.9 Å². The molecule has 3 N–H and O–H groups in total. The SMILES string of the molecule is [B]C1CC(NP(=O)(O)OCC2OC([B])C(O)C2OC(C)C)C(COC(C)C)O1. The van der Waals surface area contributed by atoms with Crippen molar-refractivity contribution < 1.29 is 38.0 Å². The summed E-state index contributed by atoms with van der Waals surface area (Å²) in [6.07, 6.45) is -2.93. The predicted octanol–water partition coefficient (Wildman–Crippen LogP) is -0.182. The fraction of sp³-hybridized carbons (Fsp3) is 1.00. The van der Waals surface area contributed by atoms with Crippen LogP contribution in [0.3, 0.4) is 0 Å². The molecule has 2 saturated heterocycles. The van der Waals surface area contributed by atoms with Crippen LogP contribution < -0.4 is 5.09 Å². The summed E-state index contributed by atoms with van der Waals surface area (Å²) in [6, 6.07) is -2.03. The summed E-state index contributed by atoms with van der Waals surface area (Å²) in [5, 5.41) is 12.7. The maximum atomic E-state index is 12.5. The molecular formula is C16H30B2NO8P. The largest absolute Gasteiger partial charge is 0.403 e. The molecule has 158 valence electrons. The molecule has 0 saturated carbocycles. The third-order valence-electron chi connectivity index (χ3n) is 4.42. The highest BCUT2D eigenvalue weighted by molar-refractivity contribution is 7.50. The second-order valence-corrected chi connectivity index (χ2v) is 9.22. The first kappa shape index (κ1) is 24.3. The van der Waals surface area contributed by atoms with Crippen molar-refractivity contribution in [3.8, 4) is 0 Å². The third kappa shape index (κ3) is 7.07. The van der Waals surface area contributed by atoms with E-state index in [1.165, 1.54) is 0 Å². The van der Waals surface area contributed by atoms with E-state index in [0.717, 1.165) is 0 Å². The van der Waals surface area contributed by atoms with Gasteiger partial charge in [0.25, 0.3) is 0 Å². The first-order chi connectivity index (χ1) is 13.0. The van der Waals surface area contributed by atoms with E-state index >= 15 is 0 Å². The number of ether oxygens (including phenoxy) is 4. The van der Waals surface area contributed by atoms with Gasteiger partial charge >= 0.3 is 7.75 Å². The van der Waals surface area contributed by atoms with Gasteiger partial charge in [-0.15, -0.1) is 0 Å². The molecule has 8 unspecified atom stereocenters. The molecule has 2 rings (SSSR count). The lowest BCUT2D eigenvalue weighted by atomic mass is 9.93. The minimum atomic E-state index is -4.20. The van der Waals surface area contributed by atoms with Gasteiger partial charge in [0.05, 0.1) is 31.5 Å². The molecule has 8 atom stereocenters. The Morgan fingerprint density at radius 3 is 2.43 bits per heavy atom. The van der Waals surface area contributed by atoms with Crippen molar-refractivity contribution in [2.75, 3.05) is 13.2 Å². The molecule has 2 heterocycles. The molecule has 0 spiro atoms. The van der Waals surface area contributed by atoms with Crippen molar-refractivity contribution in [3.05, 3.63) is 0 Å². The van der Waals surface area contributed by atoms with Gasteiger partial charge in [0.15, 0.2) is 0 Å². The fourth-order valence-electron chi connectivity index (χ4n) is 3.16. The van der Waals surface area contributed by atoms with Crippen LogP contribution in [0.5, 0.6) is 0 Å². The highest BCUT2D eigenvalue weighted by Crippen LogP contribution is 2.41. The lowest BCUT2D eigenvalue weighted by Crippen LogP contribution is -2.40. The number of aliphatic hydroxyl groups is 1. The van der Waals surface area contributed by atoms with E-state index in [1.54, 1.807) is 13.8 Å². The molecule has 2 aliphatic rings. The van der Waals surface area contributed by atoms with Gasteiger partial charge in [-0.3, -0.25) is 4.52 Å². The minimum absolute atomic E-state index is 0.00806. The van der Waals surface area contributed by atoms with Gasteiger partial charge in [-0.05, 0) is 34.1 Å². The Labute approximate surface area is 169 Å². The van der Waals surface area contributed by atoms with E-state index in [-0.39, 0.29) is 25.4 Å². The molecule has 0 aromatic carbocycles. The first-order valence-corrected chi connectivity index (χ1v) is 11.1. The van der Waals surface area contributed by atoms with E-state index in [0.29, 0.717) is 6.42 Å². The summed E-state index contributed by atoms with van der Waals surface area (Å²) < 4.78 is 39.8. The summed E-state index contributed by atoms with van der Waals surface area (Å²) in [5.41, 5.74) is 0. The summed E-state index contributed by atoms with van der Waals surface area (Å²) in [4.78, 5) is 10.2. The molecule has 12 heteroatoms. The number of nitrogens with one attached hydrogen (secondary N) is 1. The normalized spacial score (nSPS) is 38.4. The van der Waals surface area contributed by atoms with E-state index in [9.17, 15) is 14.6 Å². The van der Waals surface area contributed by atoms with Crippen molar-refractivity contribution >= 4 is 23.4 Å². The Morgan fingerprint density at radius 1 is 1.14 bits per heavy atom. The summed E-state index contributed by atoms with van der Waals surface area (Å²) >= 11 is 0. The van der Waals surface area contributed by atoms with Crippen LogP contribution in [0.25, 0.3) is 0 Å². The van der Waals surface area contributed by atoms with Crippen LogP contribution in [0, 0.1) is 0 Å². The zero-order valence-corrected chi connectivity index (χ0v) is 17.7. The average molecular weight is 417 g/mol. The second-order valence-electron chi connectivity index (χ2n) is 7.66. The van der Waals surface area contributed by atoms with Gasteiger partial charge in [-0.2, -0.15) is 0 Å². The molecule has 2 fully saturated rings. The smallest absolute Gasteiger partial charge is 0.388 e. The molecule has 4 radical (unpaired) electrons. The maximum absolute atomic E-state index is 12.5. The Hall–Kier alpha value is 0.0399. The second kappa shape index (κ2) is 10.4. The van der Waals surface area contributed by atoms with Crippen LogP contribution in [-0.4, -0.2) is 93.6 Å². The summed E-state index contributed by atoms with van der Waals surface area (Å²) in [5.74, 6) is 0. The van der Waals surface area contributed by atoms with Gasteiger partial charge in [0.2, 0.25) is 0 Å². The van der Waals surface area contributed by atoms with Gasteiger partial charge in [0, 0.05) is 18.0 Å². The van der Waals surface area contributed by atoms with Crippen molar-refractivity contribution in [2.24, 2.45) is 0 Å². The van der Waals surface area contributed by atoms with E-state index in [2.05, 4.69) is 5.09 Å². The Balaban J connectivity index is 1.90. The lowest BCUT2D eigenvalue weighted by Gasteiger charge is -2.26.